The Balaban J connectivity index is 2.39. The summed E-state index contributed by atoms with van der Waals surface area (Å²) in [5, 5.41) is 13.4. The second-order valence-electron chi connectivity index (χ2n) is 3.79. The van der Waals surface area contributed by atoms with Gasteiger partial charge >= 0.3 is 0 Å². The molecule has 0 aliphatic carbocycles. The summed E-state index contributed by atoms with van der Waals surface area (Å²) in [6, 6.07) is 4.84. The van der Waals surface area contributed by atoms with Gasteiger partial charge in [0, 0.05) is 29.5 Å². The van der Waals surface area contributed by atoms with E-state index in [0.717, 1.165) is 6.07 Å². The minimum Gasteiger partial charge on any atom is -0.366 e. The molecule has 2 N–H and O–H groups in total. The van der Waals surface area contributed by atoms with Crippen molar-refractivity contribution in [3.8, 4) is 0 Å². The standard InChI is InChI=1S/C12H8ClN3O4/c13-7-1-2-10(16(19)20)8(5-7)12(18)15-9-6-14-4-3-11(9)17/h1-6H,(H,14,17)(H,15,18). The van der Waals surface area contributed by atoms with Crippen LogP contribution in [0, 0.1) is 10.1 Å². The van der Waals surface area contributed by atoms with Gasteiger partial charge in [-0.05, 0) is 12.1 Å². The summed E-state index contributed by atoms with van der Waals surface area (Å²) in [5.41, 5.74) is -1.03. The molecule has 1 aromatic heterocycles. The highest BCUT2D eigenvalue weighted by Gasteiger charge is 2.21. The summed E-state index contributed by atoms with van der Waals surface area (Å²) in [5.74, 6) is -0.782. The Kier molecular flexibility index (Phi) is 3.81. The summed E-state index contributed by atoms with van der Waals surface area (Å²) >= 11 is 5.73. The highest BCUT2D eigenvalue weighted by molar-refractivity contribution is 6.31. The number of nitro benzene ring substituents is 1. The van der Waals surface area contributed by atoms with E-state index in [0.29, 0.717) is 0 Å². The summed E-state index contributed by atoms with van der Waals surface area (Å²) in [7, 11) is 0. The maximum absolute atomic E-state index is 12.0. The summed E-state index contributed by atoms with van der Waals surface area (Å²) < 4.78 is 0. The first-order valence-electron chi connectivity index (χ1n) is 5.41. The van der Waals surface area contributed by atoms with Crippen LogP contribution >= 0.6 is 11.6 Å². The highest BCUT2D eigenvalue weighted by Crippen LogP contribution is 2.23. The Morgan fingerprint density at radius 1 is 1.35 bits per heavy atom. The molecule has 1 amide bonds. The normalized spacial score (nSPS) is 10.1. The molecule has 20 heavy (non-hydrogen) atoms. The van der Waals surface area contributed by atoms with Crippen LogP contribution in [0.2, 0.25) is 5.02 Å². The van der Waals surface area contributed by atoms with E-state index in [4.69, 9.17) is 11.6 Å². The number of halogens is 1. The number of amides is 1. The minimum absolute atomic E-state index is 0.00762. The van der Waals surface area contributed by atoms with Gasteiger partial charge in [-0.25, -0.2) is 0 Å². The fraction of sp³-hybridized carbons (Fsp3) is 0. The smallest absolute Gasteiger partial charge is 0.282 e. The Morgan fingerprint density at radius 3 is 2.75 bits per heavy atom. The number of H-pyrrole nitrogens is 1. The average Bonchev–Trinajstić information content (AvgIpc) is 2.40. The fourth-order valence-electron chi connectivity index (χ4n) is 1.55. The number of nitrogens with zero attached hydrogens (tertiary/aromatic N) is 1. The van der Waals surface area contributed by atoms with Crippen molar-refractivity contribution >= 4 is 28.9 Å². The third kappa shape index (κ3) is 2.83. The first-order valence-corrected chi connectivity index (χ1v) is 5.79. The van der Waals surface area contributed by atoms with E-state index >= 15 is 0 Å². The number of carbonyl (C=O) groups excluding carboxylic acids is 1. The molecule has 0 spiro atoms. The lowest BCUT2D eigenvalue weighted by Gasteiger charge is -2.05. The van der Waals surface area contributed by atoms with Crippen molar-refractivity contribution in [2.45, 2.75) is 0 Å². The number of nitrogens with one attached hydrogen (secondary N) is 2. The monoisotopic (exact) mass is 293 g/mol. The van der Waals surface area contributed by atoms with Crippen LogP contribution in [0.1, 0.15) is 10.4 Å². The average molecular weight is 294 g/mol. The predicted octanol–water partition coefficient (Wildman–Crippen LogP) is 2.19. The summed E-state index contributed by atoms with van der Waals surface area (Å²) in [4.78, 5) is 36.3. The molecule has 0 unspecified atom stereocenters. The molecule has 1 aromatic carbocycles. The van der Waals surface area contributed by atoms with Gasteiger partial charge < -0.3 is 10.3 Å². The third-order valence-corrected chi connectivity index (χ3v) is 2.71. The molecule has 102 valence electrons. The van der Waals surface area contributed by atoms with Crippen molar-refractivity contribution in [3.05, 3.63) is 67.6 Å². The van der Waals surface area contributed by atoms with Crippen LogP contribution in [-0.2, 0) is 0 Å². The van der Waals surface area contributed by atoms with E-state index in [9.17, 15) is 19.7 Å². The van der Waals surface area contributed by atoms with Gasteiger partial charge in [-0.1, -0.05) is 11.6 Å². The highest BCUT2D eigenvalue weighted by atomic mass is 35.5. The molecule has 1 heterocycles. The molecule has 0 aliphatic rings. The largest absolute Gasteiger partial charge is 0.366 e. The topological polar surface area (TPSA) is 105 Å². The van der Waals surface area contributed by atoms with Gasteiger partial charge in [0.2, 0.25) is 5.43 Å². The Hall–Kier alpha value is -2.67. The molecule has 0 atom stereocenters. The van der Waals surface area contributed by atoms with E-state index in [1.165, 1.54) is 30.6 Å². The van der Waals surface area contributed by atoms with Crippen molar-refractivity contribution in [3.63, 3.8) is 0 Å². The van der Waals surface area contributed by atoms with Crippen LogP contribution < -0.4 is 10.7 Å². The fourth-order valence-corrected chi connectivity index (χ4v) is 1.72. The van der Waals surface area contributed by atoms with Gasteiger partial charge in [0.05, 0.1) is 4.92 Å². The third-order valence-electron chi connectivity index (χ3n) is 2.47. The first kappa shape index (κ1) is 13.8. The van der Waals surface area contributed by atoms with Gasteiger partial charge in [0.15, 0.2) is 0 Å². The van der Waals surface area contributed by atoms with Gasteiger partial charge in [-0.2, -0.15) is 0 Å². The molecule has 7 nitrogen and oxygen atoms in total. The Bertz CT molecular complexity index is 741. The molecule has 0 bridgehead atoms. The number of hydrogen-bond donors (Lipinski definition) is 2. The maximum Gasteiger partial charge on any atom is 0.282 e. The van der Waals surface area contributed by atoms with Crippen molar-refractivity contribution in [2.24, 2.45) is 0 Å². The second kappa shape index (κ2) is 5.54. The van der Waals surface area contributed by atoms with Crippen molar-refractivity contribution in [1.82, 2.24) is 4.98 Å². The van der Waals surface area contributed by atoms with Crippen molar-refractivity contribution in [1.29, 1.82) is 0 Å². The van der Waals surface area contributed by atoms with Crippen LogP contribution in [0.5, 0.6) is 0 Å². The molecule has 0 fully saturated rings. The van der Waals surface area contributed by atoms with Gasteiger partial charge in [-0.15, -0.1) is 0 Å². The van der Waals surface area contributed by atoms with E-state index in [-0.39, 0.29) is 22.0 Å². The zero-order valence-corrected chi connectivity index (χ0v) is 10.7. The number of anilines is 1. The van der Waals surface area contributed by atoms with E-state index in [1.807, 2.05) is 0 Å². The van der Waals surface area contributed by atoms with Crippen LogP contribution in [0.3, 0.4) is 0 Å². The number of rotatable bonds is 3. The van der Waals surface area contributed by atoms with Crippen LogP contribution in [0.25, 0.3) is 0 Å². The molecular formula is C12H8ClN3O4. The number of nitro groups is 1. The summed E-state index contributed by atoms with van der Waals surface area (Å²) in [6.45, 7) is 0. The zero-order chi connectivity index (χ0) is 14.7. The number of carbonyl (C=O) groups is 1. The Morgan fingerprint density at radius 2 is 2.10 bits per heavy atom. The molecule has 8 heteroatoms. The number of benzene rings is 1. The Labute approximate surface area is 117 Å². The van der Waals surface area contributed by atoms with Crippen LogP contribution in [-0.4, -0.2) is 15.8 Å². The number of aromatic nitrogens is 1. The van der Waals surface area contributed by atoms with Crippen molar-refractivity contribution < 1.29 is 9.72 Å². The lowest BCUT2D eigenvalue weighted by Crippen LogP contribution is -2.19. The number of hydrogen-bond acceptors (Lipinski definition) is 4. The summed E-state index contributed by atoms with van der Waals surface area (Å²) in [6.07, 6.45) is 2.69. The lowest BCUT2D eigenvalue weighted by molar-refractivity contribution is -0.385. The van der Waals surface area contributed by atoms with E-state index in [1.54, 1.807) is 0 Å². The van der Waals surface area contributed by atoms with Crippen molar-refractivity contribution in [2.75, 3.05) is 5.32 Å². The predicted molar refractivity (Wildman–Crippen MR) is 73.1 cm³/mol. The van der Waals surface area contributed by atoms with Crippen LogP contribution in [0.4, 0.5) is 11.4 Å². The first-order chi connectivity index (χ1) is 9.49. The maximum atomic E-state index is 12.0. The lowest BCUT2D eigenvalue weighted by atomic mass is 10.1. The van der Waals surface area contributed by atoms with E-state index < -0.39 is 16.3 Å². The van der Waals surface area contributed by atoms with Gasteiger partial charge in [0.25, 0.3) is 11.6 Å². The van der Waals surface area contributed by atoms with Gasteiger partial charge in [0.1, 0.15) is 11.3 Å². The molecule has 0 aliphatic heterocycles. The molecule has 2 rings (SSSR count). The van der Waals surface area contributed by atoms with Crippen LogP contribution in [0.15, 0.2) is 41.5 Å². The molecule has 0 saturated heterocycles. The molecule has 2 aromatic rings. The second-order valence-corrected chi connectivity index (χ2v) is 4.23. The molecule has 0 radical (unpaired) electrons. The van der Waals surface area contributed by atoms with E-state index in [2.05, 4.69) is 10.3 Å². The quantitative estimate of drug-likeness (QED) is 0.668. The minimum atomic E-state index is -0.782. The molecular weight excluding hydrogens is 286 g/mol. The molecule has 0 saturated carbocycles. The van der Waals surface area contributed by atoms with Gasteiger partial charge in [-0.3, -0.25) is 19.7 Å². The number of aromatic amines is 1. The SMILES string of the molecule is O=C(Nc1c[nH]ccc1=O)c1cc(Cl)ccc1[N+](=O)[O-]. The zero-order valence-electron chi connectivity index (χ0n) is 9.92. The number of pyridine rings is 1.